The van der Waals surface area contributed by atoms with Crippen LogP contribution in [0.25, 0.3) is 66.8 Å². The van der Waals surface area contributed by atoms with Crippen LogP contribution in [0.5, 0.6) is 0 Å². The average Bonchev–Trinajstić information content (AvgIpc) is 0.689. The second-order valence-electron chi connectivity index (χ2n) is 27.4. The normalized spacial score (nSPS) is 13.9. The minimum Gasteiger partial charge on any atom is -0.310 e. The van der Waals surface area contributed by atoms with E-state index in [1.165, 1.54) is 16.7 Å². The van der Waals surface area contributed by atoms with Crippen LogP contribution < -0.4 is 26.2 Å². The van der Waals surface area contributed by atoms with Gasteiger partial charge in [-0.3, -0.25) is 0 Å². The Balaban J connectivity index is 1.27. The SMILES string of the molecule is [2H]c1c([2H])c([2H])c(-c2ccc3c(c2)B2c4cc(-c5ccccc5C(C)(C)C)ccc4N(c4c(-c5ccccc5)cc(C(C)(C)C)cc4-c4ccccc4)c4cc(C(C)(C)C)cc(c42)N3c2c(-c3ccccc3)cc(C(C)(C)C)cc2-c2ccccc2)c([2H])c1[2H]. The Kier molecular flexibility index (Phi) is 12.2. The Morgan fingerprint density at radius 1 is 0.294 bits per heavy atom. The molecule has 2 nitrogen and oxygen atoms in total. The summed E-state index contributed by atoms with van der Waals surface area (Å²) < 4.78 is 45.8. The number of fused-ring (bicyclic) bond motifs is 4. The molecule has 0 radical (unpaired) electrons. The summed E-state index contributed by atoms with van der Waals surface area (Å²) in [5.41, 5.74) is 24.7. The van der Waals surface area contributed by atoms with Crippen molar-refractivity contribution in [2.45, 2.75) is 105 Å². The van der Waals surface area contributed by atoms with Crippen LogP contribution in [0.1, 0.15) is 112 Å². The molecule has 418 valence electrons. The molecule has 0 spiro atoms. The molecule has 0 aromatic heterocycles. The summed E-state index contributed by atoms with van der Waals surface area (Å²) in [5, 5.41) is 0. The van der Waals surface area contributed by atoms with Gasteiger partial charge in [0.15, 0.2) is 0 Å². The zero-order valence-corrected chi connectivity index (χ0v) is 51.3. The second kappa shape index (κ2) is 21.0. The predicted octanol–water partition coefficient (Wildman–Crippen LogP) is 21.0. The van der Waals surface area contributed by atoms with Gasteiger partial charge in [-0.2, -0.15) is 0 Å². The van der Waals surface area contributed by atoms with Crippen molar-refractivity contribution in [2.75, 3.05) is 9.80 Å². The fourth-order valence-electron chi connectivity index (χ4n) is 13.0. The third kappa shape index (κ3) is 10.0. The fourth-order valence-corrected chi connectivity index (χ4v) is 13.0. The minimum absolute atomic E-state index is 0.165. The molecule has 3 heteroatoms. The molecule has 0 N–H and O–H groups in total. The van der Waals surface area contributed by atoms with Crippen LogP contribution in [0.2, 0.25) is 0 Å². The molecule has 0 saturated heterocycles. The van der Waals surface area contributed by atoms with Crippen molar-refractivity contribution in [3.63, 3.8) is 0 Å². The summed E-state index contributed by atoms with van der Waals surface area (Å²) in [6, 6.07) is 78.5. The van der Waals surface area contributed by atoms with Gasteiger partial charge in [0.25, 0.3) is 6.71 Å². The number of anilines is 6. The Labute approximate surface area is 513 Å². The van der Waals surface area contributed by atoms with Crippen LogP contribution in [0.15, 0.2) is 249 Å². The number of nitrogens with zero attached hydrogens (tertiary/aromatic N) is 2. The Hall–Kier alpha value is -8.92. The van der Waals surface area contributed by atoms with Gasteiger partial charge < -0.3 is 9.80 Å². The van der Waals surface area contributed by atoms with E-state index in [0.29, 0.717) is 5.56 Å². The first-order valence-electron chi connectivity index (χ1n) is 32.6. The van der Waals surface area contributed by atoms with Crippen molar-refractivity contribution in [3.8, 4) is 66.8 Å². The molecule has 0 amide bonds. The quantitative estimate of drug-likeness (QED) is 0.140. The Bertz CT molecular complexity index is 4460. The van der Waals surface area contributed by atoms with Crippen LogP contribution in [0, 0.1) is 0 Å². The van der Waals surface area contributed by atoms with E-state index < -0.39 is 12.8 Å². The molecule has 85 heavy (non-hydrogen) atoms. The Morgan fingerprint density at radius 3 is 1.04 bits per heavy atom. The maximum Gasteiger partial charge on any atom is 0.252 e. The Morgan fingerprint density at radius 2 is 0.647 bits per heavy atom. The first-order valence-corrected chi connectivity index (χ1v) is 30.1. The van der Waals surface area contributed by atoms with Gasteiger partial charge in [0, 0.05) is 45.0 Å². The number of benzene rings is 11. The fraction of sp³-hybridized carbons (Fsp3) is 0.195. The van der Waals surface area contributed by atoms with Crippen molar-refractivity contribution in [3.05, 3.63) is 271 Å². The highest BCUT2D eigenvalue weighted by Crippen LogP contribution is 2.55. The topological polar surface area (TPSA) is 6.48 Å². The predicted molar refractivity (Wildman–Crippen MR) is 368 cm³/mol. The highest BCUT2D eigenvalue weighted by atomic mass is 15.2. The molecule has 0 saturated carbocycles. The van der Waals surface area contributed by atoms with Crippen molar-refractivity contribution < 1.29 is 6.85 Å². The lowest BCUT2D eigenvalue weighted by Crippen LogP contribution is -2.61. The van der Waals surface area contributed by atoms with Gasteiger partial charge in [-0.05, 0) is 153 Å². The van der Waals surface area contributed by atoms with Gasteiger partial charge in [0.2, 0.25) is 0 Å². The molecule has 2 heterocycles. The largest absolute Gasteiger partial charge is 0.310 e. The van der Waals surface area contributed by atoms with E-state index >= 15 is 0 Å². The van der Waals surface area contributed by atoms with Crippen molar-refractivity contribution >= 4 is 57.2 Å². The molecule has 13 rings (SSSR count). The summed E-state index contributed by atoms with van der Waals surface area (Å²) >= 11 is 0. The lowest BCUT2D eigenvalue weighted by Gasteiger charge is -2.47. The summed E-state index contributed by atoms with van der Waals surface area (Å²) in [5.74, 6) is 0. The lowest BCUT2D eigenvalue weighted by molar-refractivity contribution is 0.590. The molecule has 2 aliphatic rings. The molecule has 2 aliphatic heterocycles. The zero-order chi connectivity index (χ0) is 63.5. The number of hydrogen-bond acceptors (Lipinski definition) is 2. The molecule has 0 aliphatic carbocycles. The third-order valence-corrected chi connectivity index (χ3v) is 17.5. The van der Waals surface area contributed by atoms with Gasteiger partial charge in [-0.1, -0.05) is 283 Å². The van der Waals surface area contributed by atoms with E-state index in [2.05, 4.69) is 305 Å². The van der Waals surface area contributed by atoms with Crippen molar-refractivity contribution in [2.24, 2.45) is 0 Å². The standard InChI is InChI=1S/C82H77BN2/c1-79(2,3)61-48-65(55-32-20-14-21-33-55)77(66(49-61)56-34-22-15-23-35-56)84-72-44-42-59(54-30-18-13-19-31-54)46-70(72)83-71-47-60(64-40-28-29-41-69(64)82(10,11)12)43-45-73(71)85(75-53-63(81(7,8)9)52-74(84)76(75)83)78-67(57-36-24-16-25-37-57)50-62(80(4,5)6)51-68(78)58-38-26-17-27-39-58/h13-53H,1-12H3/i13D,18D,19D,30D,31D. The average molecular weight is 1110 g/mol. The highest BCUT2D eigenvalue weighted by molar-refractivity contribution is 7.00. The lowest BCUT2D eigenvalue weighted by atomic mass is 9.33. The molecular weight excluding hydrogens is 1020 g/mol. The van der Waals surface area contributed by atoms with Crippen LogP contribution in [-0.2, 0) is 21.7 Å². The van der Waals surface area contributed by atoms with E-state index in [4.69, 9.17) is 4.11 Å². The maximum atomic E-state index is 9.52. The van der Waals surface area contributed by atoms with Gasteiger partial charge in [0.1, 0.15) is 0 Å². The van der Waals surface area contributed by atoms with Gasteiger partial charge in [-0.15, -0.1) is 0 Å². The minimum atomic E-state index is -0.448. The summed E-state index contributed by atoms with van der Waals surface area (Å²) in [7, 11) is 0. The molecule has 0 fully saturated rings. The van der Waals surface area contributed by atoms with Crippen LogP contribution in [0.4, 0.5) is 34.1 Å². The van der Waals surface area contributed by atoms with Crippen molar-refractivity contribution in [1.29, 1.82) is 0 Å². The maximum absolute atomic E-state index is 9.52. The zero-order valence-electron chi connectivity index (χ0n) is 56.3. The van der Waals surface area contributed by atoms with Crippen LogP contribution in [0.3, 0.4) is 0 Å². The van der Waals surface area contributed by atoms with Gasteiger partial charge >= 0.3 is 0 Å². The van der Waals surface area contributed by atoms with E-state index in [0.717, 1.165) is 112 Å². The van der Waals surface area contributed by atoms with Gasteiger partial charge in [-0.25, -0.2) is 0 Å². The number of hydrogen-bond donors (Lipinski definition) is 0. The van der Waals surface area contributed by atoms with E-state index in [-0.39, 0.29) is 51.4 Å². The molecule has 11 aromatic carbocycles. The third-order valence-electron chi connectivity index (χ3n) is 17.5. The smallest absolute Gasteiger partial charge is 0.252 e. The monoisotopic (exact) mass is 1110 g/mol. The summed E-state index contributed by atoms with van der Waals surface area (Å²) in [4.78, 5) is 5.13. The molecule has 0 bridgehead atoms. The molecule has 0 unspecified atom stereocenters. The first-order chi connectivity index (χ1) is 42.8. The van der Waals surface area contributed by atoms with Crippen LogP contribution >= 0.6 is 0 Å². The van der Waals surface area contributed by atoms with Crippen molar-refractivity contribution in [1.82, 2.24) is 0 Å². The second-order valence-corrected chi connectivity index (χ2v) is 27.4. The highest BCUT2D eigenvalue weighted by Gasteiger charge is 2.46. The van der Waals surface area contributed by atoms with Crippen LogP contribution in [-0.4, -0.2) is 6.71 Å². The summed E-state index contributed by atoms with van der Waals surface area (Å²) in [6.45, 7) is 27.1. The van der Waals surface area contributed by atoms with E-state index in [1.54, 1.807) is 0 Å². The number of rotatable bonds is 8. The van der Waals surface area contributed by atoms with Gasteiger partial charge in [0.05, 0.1) is 18.2 Å². The summed E-state index contributed by atoms with van der Waals surface area (Å²) in [6.07, 6.45) is 0. The molecule has 0 atom stereocenters. The van der Waals surface area contributed by atoms with E-state index in [9.17, 15) is 2.74 Å². The molecular formula is C82H77BN2. The molecule has 11 aromatic rings. The van der Waals surface area contributed by atoms with E-state index in [1.807, 2.05) is 6.07 Å². The first kappa shape index (κ1) is 49.5.